The lowest BCUT2D eigenvalue weighted by molar-refractivity contribution is -0.114. The number of rotatable bonds is 9. The summed E-state index contributed by atoms with van der Waals surface area (Å²) in [7, 11) is 0. The van der Waals surface area contributed by atoms with E-state index in [0.29, 0.717) is 34.8 Å². The molecule has 0 radical (unpaired) electrons. The third-order valence-electron chi connectivity index (χ3n) is 5.93. The van der Waals surface area contributed by atoms with Gasteiger partial charge in [-0.15, -0.1) is 0 Å². The van der Waals surface area contributed by atoms with E-state index < -0.39 is 0 Å². The highest BCUT2D eigenvalue weighted by Gasteiger charge is 2.17. The first-order chi connectivity index (χ1) is 17.1. The molecule has 0 bridgehead atoms. The van der Waals surface area contributed by atoms with Crippen LogP contribution in [0.2, 0.25) is 0 Å². The Hall–Kier alpha value is -4.07. The van der Waals surface area contributed by atoms with Crippen molar-refractivity contribution >= 4 is 29.1 Å². The lowest BCUT2D eigenvalue weighted by Gasteiger charge is -2.22. The Morgan fingerprint density at radius 2 is 1.54 bits per heavy atom. The van der Waals surface area contributed by atoms with Crippen LogP contribution >= 0.6 is 0 Å². The van der Waals surface area contributed by atoms with E-state index in [1.54, 1.807) is 66.9 Å². The molecular formula is C27H30N4O4. The zero-order valence-corrected chi connectivity index (χ0v) is 19.5. The maximum Gasteiger partial charge on any atom is 0.251 e. The standard InChI is InChI=1S/C27H30N4O4/c32-25(30-23-12-5-8-20(16-23)27(34)31-21-9-2-1-3-10-21)18-28-22-11-4-7-19(15-22)26(33)29-17-24-13-6-14-35-24/h4-8,11-16,21,28H,1-3,9-10,17-18H2,(H,29,33)(H,30,32)(H,31,34). The minimum Gasteiger partial charge on any atom is -0.467 e. The summed E-state index contributed by atoms with van der Waals surface area (Å²) in [6.45, 7) is 0.305. The van der Waals surface area contributed by atoms with Gasteiger partial charge in [-0.05, 0) is 61.4 Å². The minimum absolute atomic E-state index is 0.00989. The number of hydrogen-bond acceptors (Lipinski definition) is 5. The Bertz CT molecular complexity index is 1150. The van der Waals surface area contributed by atoms with Crippen LogP contribution in [0.15, 0.2) is 71.3 Å². The Morgan fingerprint density at radius 1 is 0.829 bits per heavy atom. The van der Waals surface area contributed by atoms with Crippen molar-refractivity contribution in [2.75, 3.05) is 17.2 Å². The summed E-state index contributed by atoms with van der Waals surface area (Å²) in [6, 6.07) is 17.6. The predicted octanol–water partition coefficient (Wildman–Crippen LogP) is 4.32. The Morgan fingerprint density at radius 3 is 2.29 bits per heavy atom. The first kappa shape index (κ1) is 24.1. The third kappa shape index (κ3) is 7.20. The average Bonchev–Trinajstić information content (AvgIpc) is 3.41. The predicted molar refractivity (Wildman–Crippen MR) is 134 cm³/mol. The van der Waals surface area contributed by atoms with E-state index >= 15 is 0 Å². The molecule has 35 heavy (non-hydrogen) atoms. The Labute approximate surface area is 204 Å². The van der Waals surface area contributed by atoms with Crippen LogP contribution in [-0.4, -0.2) is 30.3 Å². The largest absolute Gasteiger partial charge is 0.467 e. The topological polar surface area (TPSA) is 112 Å². The fourth-order valence-electron chi connectivity index (χ4n) is 4.09. The van der Waals surface area contributed by atoms with Gasteiger partial charge in [0.2, 0.25) is 5.91 Å². The van der Waals surface area contributed by atoms with Crippen LogP contribution in [0.3, 0.4) is 0 Å². The van der Waals surface area contributed by atoms with Crippen LogP contribution in [0.1, 0.15) is 58.6 Å². The number of anilines is 2. The summed E-state index contributed by atoms with van der Waals surface area (Å²) in [5, 5.41) is 11.7. The van der Waals surface area contributed by atoms with Gasteiger partial charge in [-0.3, -0.25) is 14.4 Å². The van der Waals surface area contributed by atoms with Crippen molar-refractivity contribution in [1.29, 1.82) is 0 Å². The molecule has 1 fully saturated rings. The number of hydrogen-bond donors (Lipinski definition) is 4. The first-order valence-electron chi connectivity index (χ1n) is 11.9. The number of furan rings is 1. The normalized spacial score (nSPS) is 13.6. The number of amides is 3. The van der Waals surface area contributed by atoms with Gasteiger partial charge in [-0.25, -0.2) is 0 Å². The van der Waals surface area contributed by atoms with Crippen LogP contribution in [0, 0.1) is 0 Å². The summed E-state index contributed by atoms with van der Waals surface area (Å²) in [5.41, 5.74) is 2.19. The molecule has 182 valence electrons. The zero-order chi connectivity index (χ0) is 24.5. The van der Waals surface area contributed by atoms with Crippen LogP contribution in [0.4, 0.5) is 11.4 Å². The highest BCUT2D eigenvalue weighted by molar-refractivity contribution is 5.98. The minimum atomic E-state index is -0.262. The van der Waals surface area contributed by atoms with Crippen molar-refractivity contribution in [3.63, 3.8) is 0 Å². The lowest BCUT2D eigenvalue weighted by atomic mass is 9.95. The SMILES string of the molecule is O=C(CNc1cccc(C(=O)NCc2ccco2)c1)Nc1cccc(C(=O)NC2CCCCC2)c1. The number of carbonyl (C=O) groups excluding carboxylic acids is 3. The van der Waals surface area contributed by atoms with Crippen molar-refractivity contribution in [3.8, 4) is 0 Å². The van der Waals surface area contributed by atoms with Crippen LogP contribution in [0.25, 0.3) is 0 Å². The molecule has 1 aliphatic carbocycles. The molecule has 8 heteroatoms. The Balaban J connectivity index is 1.26. The van der Waals surface area contributed by atoms with Gasteiger partial charge in [0.1, 0.15) is 5.76 Å². The summed E-state index contributed by atoms with van der Waals surface area (Å²) >= 11 is 0. The molecule has 0 aliphatic heterocycles. The van der Waals surface area contributed by atoms with Gasteiger partial charge in [0, 0.05) is 28.5 Å². The molecule has 3 amide bonds. The average molecular weight is 475 g/mol. The molecule has 1 aliphatic rings. The molecule has 8 nitrogen and oxygen atoms in total. The second-order valence-corrected chi connectivity index (χ2v) is 8.63. The van der Waals surface area contributed by atoms with Gasteiger partial charge in [0.05, 0.1) is 19.4 Å². The van der Waals surface area contributed by atoms with Gasteiger partial charge >= 0.3 is 0 Å². The number of carbonyl (C=O) groups is 3. The first-order valence-corrected chi connectivity index (χ1v) is 11.9. The van der Waals surface area contributed by atoms with E-state index in [0.717, 1.165) is 25.7 Å². The molecule has 4 N–H and O–H groups in total. The fraction of sp³-hybridized carbons (Fsp3) is 0.296. The number of benzene rings is 2. The fourth-order valence-corrected chi connectivity index (χ4v) is 4.09. The molecule has 2 aromatic carbocycles. The molecule has 3 aromatic rings. The maximum atomic E-state index is 12.6. The number of nitrogens with one attached hydrogen (secondary N) is 4. The molecule has 0 saturated heterocycles. The van der Waals surface area contributed by atoms with Crippen molar-refractivity contribution in [2.45, 2.75) is 44.7 Å². The van der Waals surface area contributed by atoms with Crippen LogP contribution in [0.5, 0.6) is 0 Å². The van der Waals surface area contributed by atoms with Gasteiger partial charge in [0.25, 0.3) is 11.8 Å². The van der Waals surface area contributed by atoms with E-state index in [2.05, 4.69) is 21.3 Å². The molecule has 1 heterocycles. The second-order valence-electron chi connectivity index (χ2n) is 8.63. The quantitative estimate of drug-likeness (QED) is 0.369. The van der Waals surface area contributed by atoms with Crippen molar-refractivity contribution in [2.24, 2.45) is 0 Å². The monoisotopic (exact) mass is 474 g/mol. The van der Waals surface area contributed by atoms with Crippen molar-refractivity contribution in [1.82, 2.24) is 10.6 Å². The molecular weight excluding hydrogens is 444 g/mol. The molecule has 1 aromatic heterocycles. The lowest BCUT2D eigenvalue weighted by Crippen LogP contribution is -2.36. The highest BCUT2D eigenvalue weighted by Crippen LogP contribution is 2.18. The van der Waals surface area contributed by atoms with Gasteiger partial charge in [0.15, 0.2) is 0 Å². The van der Waals surface area contributed by atoms with Gasteiger partial charge in [-0.1, -0.05) is 31.4 Å². The van der Waals surface area contributed by atoms with Gasteiger partial charge < -0.3 is 25.7 Å². The molecule has 4 rings (SSSR count). The smallest absolute Gasteiger partial charge is 0.251 e. The van der Waals surface area contributed by atoms with E-state index in [1.807, 2.05) is 0 Å². The zero-order valence-electron chi connectivity index (χ0n) is 19.5. The summed E-state index contributed by atoms with van der Waals surface area (Å²) < 4.78 is 5.22. The summed E-state index contributed by atoms with van der Waals surface area (Å²) in [5.74, 6) is 0.0495. The van der Waals surface area contributed by atoms with Crippen LogP contribution in [-0.2, 0) is 11.3 Å². The summed E-state index contributed by atoms with van der Waals surface area (Å²) in [6.07, 6.45) is 7.10. The van der Waals surface area contributed by atoms with Crippen LogP contribution < -0.4 is 21.3 Å². The summed E-state index contributed by atoms with van der Waals surface area (Å²) in [4.78, 5) is 37.5. The molecule has 1 saturated carbocycles. The highest BCUT2D eigenvalue weighted by atomic mass is 16.3. The molecule has 0 atom stereocenters. The van der Waals surface area contributed by atoms with E-state index in [9.17, 15) is 14.4 Å². The maximum absolute atomic E-state index is 12.6. The van der Waals surface area contributed by atoms with Gasteiger partial charge in [-0.2, -0.15) is 0 Å². The van der Waals surface area contributed by atoms with E-state index in [4.69, 9.17) is 4.42 Å². The van der Waals surface area contributed by atoms with Crippen molar-refractivity contribution < 1.29 is 18.8 Å². The van der Waals surface area contributed by atoms with Crippen molar-refractivity contribution in [3.05, 3.63) is 83.8 Å². The molecule has 0 unspecified atom stereocenters. The second kappa shape index (κ2) is 11.9. The van der Waals surface area contributed by atoms with E-state index in [1.165, 1.54) is 6.42 Å². The Kier molecular flexibility index (Phi) is 8.17. The van der Waals surface area contributed by atoms with E-state index in [-0.39, 0.29) is 30.3 Å². The third-order valence-corrected chi connectivity index (χ3v) is 5.93. The molecule has 0 spiro atoms.